The summed E-state index contributed by atoms with van der Waals surface area (Å²) in [4.78, 5) is 17.7. The van der Waals surface area contributed by atoms with Crippen molar-refractivity contribution in [2.75, 3.05) is 13.2 Å². The van der Waals surface area contributed by atoms with Crippen molar-refractivity contribution in [2.45, 2.75) is 64.8 Å². The van der Waals surface area contributed by atoms with E-state index in [1.165, 1.54) is 22.4 Å². The smallest absolute Gasteiger partial charge is 0.261 e. The summed E-state index contributed by atoms with van der Waals surface area (Å²) >= 11 is 1.48. The molecule has 2 aromatic heterocycles. The summed E-state index contributed by atoms with van der Waals surface area (Å²) in [6, 6.07) is 20.6. The van der Waals surface area contributed by atoms with Crippen molar-refractivity contribution in [2.24, 2.45) is 0 Å². The Hall–Kier alpha value is -3.12. The fourth-order valence-electron chi connectivity index (χ4n) is 4.31. The van der Waals surface area contributed by atoms with Gasteiger partial charge >= 0.3 is 0 Å². The Balaban J connectivity index is 1.25. The number of rotatable bonds is 12. The summed E-state index contributed by atoms with van der Waals surface area (Å²) < 4.78 is 8.38. The fourth-order valence-corrected chi connectivity index (χ4v) is 4.95. The van der Waals surface area contributed by atoms with Crippen molar-refractivity contribution < 1.29 is 9.53 Å². The normalized spacial score (nSPS) is 11.6. The van der Waals surface area contributed by atoms with Crippen molar-refractivity contribution in [1.82, 2.24) is 14.9 Å². The maximum absolute atomic E-state index is 12.0. The number of nitrogens with zero attached hydrogens (tertiary/aromatic N) is 2. The van der Waals surface area contributed by atoms with Crippen LogP contribution in [0.4, 0.5) is 0 Å². The van der Waals surface area contributed by atoms with Gasteiger partial charge in [-0.05, 0) is 66.0 Å². The third-order valence-corrected chi connectivity index (χ3v) is 7.23. The zero-order chi connectivity index (χ0) is 25.4. The van der Waals surface area contributed by atoms with Crippen LogP contribution in [-0.4, -0.2) is 28.6 Å². The molecule has 6 heteroatoms. The monoisotopic (exact) mass is 503 g/mol. The molecule has 190 valence electrons. The predicted octanol–water partition coefficient (Wildman–Crippen LogP) is 7.01. The number of benzene rings is 2. The summed E-state index contributed by atoms with van der Waals surface area (Å²) in [6.07, 6.45) is 4.93. The van der Waals surface area contributed by atoms with Gasteiger partial charge in [0, 0.05) is 19.5 Å². The van der Waals surface area contributed by atoms with E-state index in [9.17, 15) is 4.79 Å². The van der Waals surface area contributed by atoms with Crippen LogP contribution in [0.3, 0.4) is 0 Å². The number of ether oxygens (including phenoxy) is 1. The molecule has 4 aromatic rings. The zero-order valence-electron chi connectivity index (χ0n) is 21.6. The summed E-state index contributed by atoms with van der Waals surface area (Å²) in [5, 5.41) is 4.94. The van der Waals surface area contributed by atoms with Crippen molar-refractivity contribution in [1.29, 1.82) is 0 Å². The van der Waals surface area contributed by atoms with E-state index < -0.39 is 0 Å². The minimum absolute atomic E-state index is 0.0270. The fraction of sp³-hybridized carbons (Fsp3) is 0.400. The van der Waals surface area contributed by atoms with E-state index >= 15 is 0 Å². The number of aryl methyl sites for hydroxylation is 2. The van der Waals surface area contributed by atoms with Gasteiger partial charge < -0.3 is 14.6 Å². The first kappa shape index (κ1) is 26.0. The van der Waals surface area contributed by atoms with Crippen molar-refractivity contribution in [3.8, 4) is 5.75 Å². The molecule has 1 N–H and O–H groups in total. The number of aromatic nitrogens is 2. The van der Waals surface area contributed by atoms with E-state index in [1.807, 2.05) is 23.6 Å². The largest absolute Gasteiger partial charge is 0.494 e. The van der Waals surface area contributed by atoms with E-state index in [0.29, 0.717) is 13.2 Å². The number of fused-ring (bicyclic) bond motifs is 1. The molecule has 0 atom stereocenters. The number of nitrogens with one attached hydrogen (secondary N) is 1. The Morgan fingerprint density at radius 1 is 0.972 bits per heavy atom. The van der Waals surface area contributed by atoms with Gasteiger partial charge in [-0.1, -0.05) is 57.5 Å². The van der Waals surface area contributed by atoms with Gasteiger partial charge in [0.05, 0.1) is 22.5 Å². The zero-order valence-corrected chi connectivity index (χ0v) is 22.4. The molecule has 0 spiro atoms. The molecule has 0 aliphatic heterocycles. The summed E-state index contributed by atoms with van der Waals surface area (Å²) in [5.74, 6) is 2.08. The SMILES string of the molecule is CC(C)(C)c1ccc(OCCCn2c(CCCCCNC(=O)c3cccs3)nc3ccccc32)cc1. The van der Waals surface area contributed by atoms with Gasteiger partial charge in [-0.3, -0.25) is 4.79 Å². The molecule has 0 fully saturated rings. The highest BCUT2D eigenvalue weighted by atomic mass is 32.1. The highest BCUT2D eigenvalue weighted by molar-refractivity contribution is 7.12. The van der Waals surface area contributed by atoms with Gasteiger partial charge in [0.1, 0.15) is 11.6 Å². The molecule has 4 rings (SSSR count). The molecule has 1 amide bonds. The Bertz CT molecular complexity index is 1240. The van der Waals surface area contributed by atoms with E-state index in [0.717, 1.165) is 60.6 Å². The molecule has 0 radical (unpaired) electrons. The van der Waals surface area contributed by atoms with Crippen molar-refractivity contribution in [3.63, 3.8) is 0 Å². The first-order valence-corrected chi connectivity index (χ1v) is 13.8. The van der Waals surface area contributed by atoms with Gasteiger partial charge in [0.2, 0.25) is 0 Å². The number of para-hydroxylation sites is 2. The van der Waals surface area contributed by atoms with Crippen LogP contribution in [0.1, 0.15) is 67.5 Å². The number of carbonyl (C=O) groups is 1. The minimum atomic E-state index is 0.0270. The molecule has 2 heterocycles. The molecular weight excluding hydrogens is 466 g/mol. The van der Waals surface area contributed by atoms with Crippen molar-refractivity contribution in [3.05, 3.63) is 82.3 Å². The Morgan fingerprint density at radius 2 is 1.78 bits per heavy atom. The highest BCUT2D eigenvalue weighted by Crippen LogP contribution is 2.24. The van der Waals surface area contributed by atoms with Crippen molar-refractivity contribution >= 4 is 28.3 Å². The van der Waals surface area contributed by atoms with Crippen LogP contribution < -0.4 is 10.1 Å². The maximum Gasteiger partial charge on any atom is 0.261 e. The third-order valence-electron chi connectivity index (χ3n) is 6.36. The van der Waals surface area contributed by atoms with Gasteiger partial charge in [-0.15, -0.1) is 11.3 Å². The topological polar surface area (TPSA) is 56.1 Å². The molecule has 0 saturated heterocycles. The van der Waals surface area contributed by atoms with Crippen LogP contribution in [0.5, 0.6) is 5.75 Å². The summed E-state index contributed by atoms with van der Waals surface area (Å²) in [6.45, 7) is 8.93. The lowest BCUT2D eigenvalue weighted by Crippen LogP contribution is -2.23. The first-order chi connectivity index (χ1) is 17.4. The maximum atomic E-state index is 12.0. The Labute approximate surface area is 218 Å². The second-order valence-corrected chi connectivity index (χ2v) is 11.1. The lowest BCUT2D eigenvalue weighted by molar-refractivity contribution is 0.0957. The van der Waals surface area contributed by atoms with Gasteiger partial charge in [0.15, 0.2) is 0 Å². The summed E-state index contributed by atoms with van der Waals surface area (Å²) in [5.41, 5.74) is 3.70. The molecular formula is C30H37N3O2S. The van der Waals surface area contributed by atoms with E-state index in [-0.39, 0.29) is 11.3 Å². The standard InChI is InChI=1S/C30H37N3O2S/c1-30(2,3)23-15-17-24(18-16-23)35-21-10-20-33-26-12-7-6-11-25(26)32-28(33)14-5-4-8-19-31-29(34)27-13-9-22-36-27/h6-7,9,11-13,15-18,22H,4-5,8,10,14,19-21H2,1-3H3,(H,31,34). The molecule has 0 bridgehead atoms. The molecule has 5 nitrogen and oxygen atoms in total. The number of unbranched alkanes of at least 4 members (excludes halogenated alkanes) is 2. The van der Waals surface area contributed by atoms with Crippen LogP contribution in [-0.2, 0) is 18.4 Å². The van der Waals surface area contributed by atoms with Gasteiger partial charge in [-0.2, -0.15) is 0 Å². The van der Waals surface area contributed by atoms with Crippen LogP contribution in [0.2, 0.25) is 0 Å². The Morgan fingerprint density at radius 3 is 2.53 bits per heavy atom. The average molecular weight is 504 g/mol. The van der Waals surface area contributed by atoms with Crippen LogP contribution >= 0.6 is 11.3 Å². The highest BCUT2D eigenvalue weighted by Gasteiger charge is 2.13. The molecule has 0 unspecified atom stereocenters. The number of hydrogen-bond acceptors (Lipinski definition) is 4. The third kappa shape index (κ3) is 6.97. The van der Waals surface area contributed by atoms with Crippen LogP contribution in [0, 0.1) is 0 Å². The molecule has 0 aliphatic rings. The lowest BCUT2D eigenvalue weighted by Gasteiger charge is -2.19. The Kier molecular flexibility index (Phi) is 8.81. The van der Waals surface area contributed by atoms with E-state index in [1.54, 1.807) is 0 Å². The van der Waals surface area contributed by atoms with E-state index in [4.69, 9.17) is 9.72 Å². The average Bonchev–Trinajstić information content (AvgIpc) is 3.52. The van der Waals surface area contributed by atoms with Crippen LogP contribution in [0.15, 0.2) is 66.0 Å². The van der Waals surface area contributed by atoms with Crippen LogP contribution in [0.25, 0.3) is 11.0 Å². The second-order valence-electron chi connectivity index (χ2n) is 10.2. The number of imidazole rings is 1. The quantitative estimate of drug-likeness (QED) is 0.212. The lowest BCUT2D eigenvalue weighted by atomic mass is 9.87. The predicted molar refractivity (Wildman–Crippen MR) is 149 cm³/mol. The number of amides is 1. The number of hydrogen-bond donors (Lipinski definition) is 1. The van der Waals surface area contributed by atoms with Gasteiger partial charge in [0.25, 0.3) is 5.91 Å². The molecule has 36 heavy (non-hydrogen) atoms. The molecule has 0 aliphatic carbocycles. The summed E-state index contributed by atoms with van der Waals surface area (Å²) in [7, 11) is 0. The van der Waals surface area contributed by atoms with Gasteiger partial charge in [-0.25, -0.2) is 4.98 Å². The number of thiophene rings is 1. The minimum Gasteiger partial charge on any atom is -0.494 e. The number of carbonyl (C=O) groups excluding carboxylic acids is 1. The molecule has 2 aromatic carbocycles. The van der Waals surface area contributed by atoms with E-state index in [2.05, 4.69) is 73.1 Å². The first-order valence-electron chi connectivity index (χ1n) is 12.9. The molecule has 0 saturated carbocycles. The second kappa shape index (κ2) is 12.2.